The highest BCUT2D eigenvalue weighted by molar-refractivity contribution is 6.22. The number of aliphatic imine (C=N–C) groups is 1. The molecule has 0 aliphatic carbocycles. The van der Waals surface area contributed by atoms with E-state index < -0.39 is 6.04 Å². The minimum atomic E-state index is -0.484. The Morgan fingerprint density at radius 1 is 1.19 bits per heavy atom. The molecule has 1 unspecified atom stereocenters. The lowest BCUT2D eigenvalue weighted by atomic mass is 10.1. The van der Waals surface area contributed by atoms with Gasteiger partial charge >= 0.3 is 12.0 Å². The Balaban J connectivity index is 2.21. The molecule has 2 aliphatic rings. The molecule has 1 N–H and O–H groups in total. The molecule has 0 saturated carbocycles. The molecule has 0 aromatic carbocycles. The highest BCUT2D eigenvalue weighted by Crippen LogP contribution is 2.18. The molecule has 1 fully saturated rings. The van der Waals surface area contributed by atoms with E-state index in [-0.39, 0.29) is 11.9 Å². The Morgan fingerprint density at radius 3 is 2.52 bits per heavy atom. The topological polar surface area (TPSA) is 68.0 Å². The third-order valence-corrected chi connectivity index (χ3v) is 4.01. The van der Waals surface area contributed by atoms with Gasteiger partial charge in [-0.15, -0.1) is 0 Å². The van der Waals surface area contributed by atoms with Gasteiger partial charge in [-0.1, -0.05) is 31.2 Å². The summed E-state index contributed by atoms with van der Waals surface area (Å²) in [6.07, 6.45) is 4.50. The van der Waals surface area contributed by atoms with Crippen LogP contribution in [0.15, 0.2) is 4.99 Å². The summed E-state index contributed by atoms with van der Waals surface area (Å²) in [4.78, 5) is 31.5. The third-order valence-electron chi connectivity index (χ3n) is 4.01. The van der Waals surface area contributed by atoms with Crippen molar-refractivity contribution in [1.82, 2.24) is 15.1 Å². The van der Waals surface area contributed by atoms with Crippen LogP contribution >= 0.6 is 0 Å². The summed E-state index contributed by atoms with van der Waals surface area (Å²) in [6.45, 7) is 2.93. The molecular weight excluding hydrogens is 270 g/mol. The fraction of sp³-hybridized carbons (Fsp3) is 0.714. The Hall–Kier alpha value is -1.92. The first-order valence-electron chi connectivity index (χ1n) is 7.48. The summed E-state index contributed by atoms with van der Waals surface area (Å²) < 4.78 is 1.97. The van der Waals surface area contributed by atoms with Gasteiger partial charge in [-0.25, -0.2) is 9.37 Å². The number of unbranched alkanes of at least 4 members (excludes halogenated alkanes) is 3. The number of guanidine groups is 1. The molecule has 0 radical (unpaired) electrons. The first kappa shape index (κ1) is 15.5. The van der Waals surface area contributed by atoms with E-state index in [0.717, 1.165) is 19.4 Å². The van der Waals surface area contributed by atoms with E-state index in [9.17, 15) is 9.59 Å². The van der Waals surface area contributed by atoms with Gasteiger partial charge in [0, 0.05) is 14.1 Å². The number of hydrogen-bond acceptors (Lipinski definition) is 4. The zero-order chi connectivity index (χ0) is 15.6. The number of amidine groups is 1. The number of nitrogens with zero attached hydrogens (tertiary/aromatic N) is 4. The number of carbonyl (C=O) groups excluding carboxylic acids is 2. The minimum Gasteiger partial charge on any atom is -0.277 e. The zero-order valence-corrected chi connectivity index (χ0v) is 13.2. The molecule has 2 rings (SSSR count). The molecule has 21 heavy (non-hydrogen) atoms. The number of carbonyl (C=O) groups is 2. The van der Waals surface area contributed by atoms with Gasteiger partial charge in [0.1, 0.15) is 0 Å². The van der Waals surface area contributed by atoms with Crippen molar-refractivity contribution >= 4 is 23.7 Å². The molecule has 116 valence electrons. The van der Waals surface area contributed by atoms with Crippen LogP contribution in [0.3, 0.4) is 0 Å². The largest absolute Gasteiger partial charge is 0.389 e. The maximum absolute atomic E-state index is 12.4. The second-order valence-corrected chi connectivity index (χ2v) is 5.44. The van der Waals surface area contributed by atoms with Crippen LogP contribution in [0.25, 0.3) is 0 Å². The highest BCUT2D eigenvalue weighted by atomic mass is 16.2. The second-order valence-electron chi connectivity index (χ2n) is 5.44. The lowest BCUT2D eigenvalue weighted by molar-refractivity contribution is -0.537. The van der Waals surface area contributed by atoms with E-state index in [1.54, 1.807) is 14.1 Å². The first-order chi connectivity index (χ1) is 10.0. The van der Waals surface area contributed by atoms with Gasteiger partial charge in [-0.3, -0.25) is 19.9 Å². The van der Waals surface area contributed by atoms with Crippen LogP contribution in [-0.2, 0) is 4.79 Å². The first-order valence-corrected chi connectivity index (χ1v) is 7.48. The van der Waals surface area contributed by atoms with Gasteiger partial charge in [0.25, 0.3) is 5.91 Å². The van der Waals surface area contributed by atoms with Crippen LogP contribution in [0.4, 0.5) is 4.79 Å². The maximum atomic E-state index is 12.4. The minimum absolute atomic E-state index is 0.211. The summed E-state index contributed by atoms with van der Waals surface area (Å²) >= 11 is 0. The van der Waals surface area contributed by atoms with Crippen molar-refractivity contribution in [1.29, 1.82) is 0 Å². The third kappa shape index (κ3) is 2.64. The summed E-state index contributed by atoms with van der Waals surface area (Å²) in [7, 11) is 4.96. The molecule has 7 nitrogen and oxygen atoms in total. The van der Waals surface area contributed by atoms with Crippen LogP contribution in [0.5, 0.6) is 0 Å². The van der Waals surface area contributed by atoms with Crippen molar-refractivity contribution in [3.63, 3.8) is 0 Å². The van der Waals surface area contributed by atoms with Gasteiger partial charge in [-0.2, -0.15) is 0 Å². The predicted octanol–water partition coefficient (Wildman–Crippen LogP) is 0.459. The Kier molecular flexibility index (Phi) is 4.59. The molecule has 2 aliphatic heterocycles. The molecule has 1 atom stereocenters. The molecule has 0 bridgehead atoms. The number of rotatable bonds is 5. The molecule has 0 spiro atoms. The molecule has 0 aromatic rings. The van der Waals surface area contributed by atoms with Crippen molar-refractivity contribution < 1.29 is 14.2 Å². The lowest BCUT2D eigenvalue weighted by Gasteiger charge is -2.31. The van der Waals surface area contributed by atoms with E-state index in [1.165, 1.54) is 29.7 Å². The van der Waals surface area contributed by atoms with Gasteiger partial charge in [0.15, 0.2) is 0 Å². The highest BCUT2D eigenvalue weighted by Gasteiger charge is 2.50. The number of likely N-dealkylation sites (N-methyl/N-ethyl adjacent to an activating group) is 2. The second kappa shape index (κ2) is 6.24. The van der Waals surface area contributed by atoms with Crippen LogP contribution in [0.2, 0.25) is 0 Å². The molecular formula is C14H24N5O2+. The summed E-state index contributed by atoms with van der Waals surface area (Å²) in [5, 5.41) is 3.03. The summed E-state index contributed by atoms with van der Waals surface area (Å²) in [5.74, 6) is 0.968. The number of hydrogen-bond donors (Lipinski definition) is 1. The molecule has 7 heteroatoms. The average molecular weight is 294 g/mol. The van der Waals surface area contributed by atoms with Crippen molar-refractivity contribution in [2.75, 3.05) is 27.7 Å². The van der Waals surface area contributed by atoms with Crippen molar-refractivity contribution in [3.8, 4) is 0 Å². The maximum Gasteiger partial charge on any atom is 0.389 e. The molecule has 3 amide bonds. The van der Waals surface area contributed by atoms with E-state index >= 15 is 0 Å². The standard InChI is InChI=1S/C14H23N5O2/c1-5-6-7-8-9-19-10-11(16-13(19)15-2)17(3)14(21)18(4)12(10)20/h10H,5-9H2,1-4H3/p+1. The Labute approximate surface area is 125 Å². The summed E-state index contributed by atoms with van der Waals surface area (Å²) in [5.41, 5.74) is 0. The van der Waals surface area contributed by atoms with Gasteiger partial charge in [-0.05, 0) is 6.42 Å². The number of imide groups is 1. The molecule has 0 aromatic heterocycles. The quantitative estimate of drug-likeness (QED) is 0.591. The van der Waals surface area contributed by atoms with Crippen LogP contribution in [-0.4, -0.2) is 71.8 Å². The molecule has 1 saturated heterocycles. The summed E-state index contributed by atoms with van der Waals surface area (Å²) in [6, 6.07) is -0.819. The fourth-order valence-corrected chi connectivity index (χ4v) is 2.74. The van der Waals surface area contributed by atoms with E-state index in [0.29, 0.717) is 11.8 Å². The van der Waals surface area contributed by atoms with Crippen molar-refractivity contribution in [2.24, 2.45) is 4.99 Å². The lowest BCUT2D eigenvalue weighted by Crippen LogP contribution is -2.61. The zero-order valence-electron chi connectivity index (χ0n) is 13.2. The Morgan fingerprint density at radius 2 is 1.90 bits per heavy atom. The van der Waals surface area contributed by atoms with Crippen LogP contribution in [0.1, 0.15) is 32.6 Å². The average Bonchev–Trinajstić information content (AvgIpc) is 2.86. The smallest absolute Gasteiger partial charge is 0.277 e. The Bertz CT molecular complexity index is 511. The number of nitrogens with one attached hydrogen (secondary N) is 1. The van der Waals surface area contributed by atoms with Crippen LogP contribution < -0.4 is 5.32 Å². The van der Waals surface area contributed by atoms with Gasteiger partial charge in [0.2, 0.25) is 11.9 Å². The number of fused-ring (bicyclic) bond motifs is 1. The van der Waals surface area contributed by atoms with Crippen molar-refractivity contribution in [3.05, 3.63) is 0 Å². The monoisotopic (exact) mass is 294 g/mol. The number of amides is 3. The van der Waals surface area contributed by atoms with Crippen LogP contribution in [0, 0.1) is 0 Å². The van der Waals surface area contributed by atoms with Crippen molar-refractivity contribution in [2.45, 2.75) is 38.6 Å². The van der Waals surface area contributed by atoms with E-state index in [1.807, 2.05) is 4.58 Å². The van der Waals surface area contributed by atoms with E-state index in [2.05, 4.69) is 17.2 Å². The van der Waals surface area contributed by atoms with Gasteiger partial charge in [0.05, 0.1) is 13.6 Å². The predicted molar refractivity (Wildman–Crippen MR) is 80.5 cm³/mol. The van der Waals surface area contributed by atoms with E-state index in [4.69, 9.17) is 0 Å². The van der Waals surface area contributed by atoms with Gasteiger partial charge < -0.3 is 0 Å². The SMILES string of the molecule is CCCCCC[N+]1=C(NC)N=C2C1C(=O)N(C)C(=O)N2C. The number of urea groups is 1. The fourth-order valence-electron chi connectivity index (χ4n) is 2.74. The normalized spacial score (nSPS) is 21.9. The molecule has 2 heterocycles.